The van der Waals surface area contributed by atoms with Gasteiger partial charge in [-0.25, -0.2) is 0 Å². The molecule has 116 valence electrons. The molecular weight excluding hydrogens is 246 g/mol. The Labute approximate surface area is 125 Å². The minimum absolute atomic E-state index is 0.208. The Morgan fingerprint density at radius 2 is 2.15 bits per heavy atom. The van der Waals surface area contributed by atoms with Crippen LogP contribution in [-0.2, 0) is 4.74 Å². The van der Waals surface area contributed by atoms with Gasteiger partial charge in [0, 0.05) is 19.7 Å². The molecule has 20 heavy (non-hydrogen) atoms. The quantitative estimate of drug-likeness (QED) is 0.634. The monoisotopic (exact) mass is 279 g/mol. The Balaban J connectivity index is 2.34. The molecule has 0 spiro atoms. The van der Waals surface area contributed by atoms with Gasteiger partial charge in [-0.2, -0.15) is 0 Å². The summed E-state index contributed by atoms with van der Waals surface area (Å²) in [4.78, 5) is 0. The molecule has 1 unspecified atom stereocenters. The van der Waals surface area contributed by atoms with Crippen LogP contribution in [-0.4, -0.2) is 26.3 Å². The Morgan fingerprint density at radius 3 is 2.75 bits per heavy atom. The van der Waals surface area contributed by atoms with Gasteiger partial charge in [0.25, 0.3) is 0 Å². The maximum absolute atomic E-state index is 5.41. The highest BCUT2D eigenvalue weighted by Gasteiger charge is 2.17. The van der Waals surface area contributed by atoms with Gasteiger partial charge in [-0.1, -0.05) is 57.9 Å². The molecule has 0 aromatic rings. The van der Waals surface area contributed by atoms with Crippen LogP contribution in [0.2, 0.25) is 0 Å². The predicted molar refractivity (Wildman–Crippen MR) is 88.0 cm³/mol. The summed E-state index contributed by atoms with van der Waals surface area (Å²) in [7, 11) is 0. The normalized spacial score (nSPS) is 21.0. The van der Waals surface area contributed by atoms with Crippen molar-refractivity contribution in [3.05, 3.63) is 23.8 Å². The van der Waals surface area contributed by atoms with Crippen molar-refractivity contribution in [1.29, 1.82) is 0 Å². The van der Waals surface area contributed by atoms with Gasteiger partial charge < -0.3 is 10.1 Å². The molecule has 0 amide bonds. The number of nitrogens with one attached hydrogen (secondary N) is 1. The Bertz CT molecular complexity index is 311. The van der Waals surface area contributed by atoms with Crippen LogP contribution in [0.3, 0.4) is 0 Å². The molecule has 0 radical (unpaired) electrons. The molecule has 2 heteroatoms. The summed E-state index contributed by atoms with van der Waals surface area (Å²) >= 11 is 0. The highest BCUT2D eigenvalue weighted by molar-refractivity contribution is 5.20. The fraction of sp³-hybridized carbons (Fsp3) is 0.778. The van der Waals surface area contributed by atoms with Crippen LogP contribution >= 0.6 is 0 Å². The van der Waals surface area contributed by atoms with E-state index in [-0.39, 0.29) is 5.41 Å². The molecule has 1 N–H and O–H groups in total. The zero-order chi connectivity index (χ0) is 14.8. The average molecular weight is 279 g/mol. The van der Waals surface area contributed by atoms with Crippen molar-refractivity contribution in [2.45, 2.75) is 53.4 Å². The third-order valence-electron chi connectivity index (χ3n) is 3.89. The lowest BCUT2D eigenvalue weighted by molar-refractivity contribution is 0.184. The summed E-state index contributed by atoms with van der Waals surface area (Å²) < 4.78 is 5.41. The van der Waals surface area contributed by atoms with Gasteiger partial charge in [-0.15, -0.1) is 0 Å². The molecule has 0 aromatic heterocycles. The van der Waals surface area contributed by atoms with Crippen molar-refractivity contribution in [3.8, 4) is 0 Å². The molecule has 1 atom stereocenters. The first-order valence-corrected chi connectivity index (χ1v) is 8.24. The van der Waals surface area contributed by atoms with E-state index in [1.807, 2.05) is 0 Å². The van der Waals surface area contributed by atoms with Gasteiger partial charge in [0.2, 0.25) is 0 Å². The minimum Gasteiger partial charge on any atom is -0.381 e. The Morgan fingerprint density at radius 1 is 1.35 bits per heavy atom. The smallest absolute Gasteiger partial charge is 0.0507 e. The van der Waals surface area contributed by atoms with E-state index in [4.69, 9.17) is 4.74 Å². The number of hydrogen-bond acceptors (Lipinski definition) is 2. The van der Waals surface area contributed by atoms with Crippen molar-refractivity contribution in [3.63, 3.8) is 0 Å². The molecule has 1 rings (SSSR count). The van der Waals surface area contributed by atoms with Crippen LogP contribution in [0.1, 0.15) is 53.4 Å². The predicted octanol–water partition coefficient (Wildman–Crippen LogP) is 4.33. The van der Waals surface area contributed by atoms with E-state index in [0.29, 0.717) is 5.92 Å². The molecule has 0 saturated carbocycles. The number of ether oxygens (including phenoxy) is 1. The van der Waals surface area contributed by atoms with Crippen LogP contribution in [0, 0.1) is 11.3 Å². The number of rotatable bonds is 9. The fourth-order valence-electron chi connectivity index (χ4n) is 2.39. The third kappa shape index (κ3) is 7.25. The van der Waals surface area contributed by atoms with E-state index >= 15 is 0 Å². The molecule has 0 bridgehead atoms. The van der Waals surface area contributed by atoms with Gasteiger partial charge in [0.15, 0.2) is 0 Å². The lowest BCUT2D eigenvalue weighted by atomic mass is 9.91. The highest BCUT2D eigenvalue weighted by Crippen LogP contribution is 2.19. The molecule has 1 fully saturated rings. The molecular formula is C18H33NO. The van der Waals surface area contributed by atoms with Crippen LogP contribution in [0.15, 0.2) is 23.8 Å². The van der Waals surface area contributed by atoms with E-state index in [9.17, 15) is 0 Å². The number of unbranched alkanes of at least 4 members (excludes halogenated alkanes) is 1. The van der Waals surface area contributed by atoms with Crippen molar-refractivity contribution in [2.24, 2.45) is 11.3 Å². The average Bonchev–Trinajstić information content (AvgIpc) is 2.92. The fourth-order valence-corrected chi connectivity index (χ4v) is 2.39. The summed E-state index contributed by atoms with van der Waals surface area (Å²) in [5.74, 6) is 0.713. The number of allylic oxidation sites excluding steroid dienone is 3. The largest absolute Gasteiger partial charge is 0.381 e. The summed E-state index contributed by atoms with van der Waals surface area (Å²) in [6, 6.07) is 0. The minimum atomic E-state index is 0.208. The van der Waals surface area contributed by atoms with Gasteiger partial charge in [0.05, 0.1) is 6.61 Å². The lowest BCUT2D eigenvalue weighted by Gasteiger charge is -2.22. The third-order valence-corrected chi connectivity index (χ3v) is 3.89. The van der Waals surface area contributed by atoms with Crippen molar-refractivity contribution in [1.82, 2.24) is 5.32 Å². The molecule has 1 aliphatic rings. The lowest BCUT2D eigenvalue weighted by Crippen LogP contribution is -2.32. The Hall–Kier alpha value is -0.600. The van der Waals surface area contributed by atoms with E-state index in [1.165, 1.54) is 24.8 Å². The molecule has 2 nitrogen and oxygen atoms in total. The van der Waals surface area contributed by atoms with Crippen LogP contribution < -0.4 is 5.32 Å². The number of hydrogen-bond donors (Lipinski definition) is 1. The first-order valence-electron chi connectivity index (χ1n) is 8.24. The van der Waals surface area contributed by atoms with E-state index in [0.717, 1.165) is 32.7 Å². The highest BCUT2D eigenvalue weighted by atomic mass is 16.5. The van der Waals surface area contributed by atoms with Crippen LogP contribution in [0.4, 0.5) is 0 Å². The second-order valence-electron chi connectivity index (χ2n) is 6.60. The van der Waals surface area contributed by atoms with Crippen molar-refractivity contribution >= 4 is 0 Å². The summed E-state index contributed by atoms with van der Waals surface area (Å²) in [5.41, 5.74) is 1.67. The van der Waals surface area contributed by atoms with Crippen molar-refractivity contribution in [2.75, 3.05) is 26.3 Å². The SMILES string of the molecule is CCC/C=C(\C=C/C(C)(C)CNCC1CCOC1)CC. The zero-order valence-electron chi connectivity index (χ0n) is 13.9. The molecule has 0 aromatic carbocycles. The van der Waals surface area contributed by atoms with E-state index in [1.54, 1.807) is 0 Å². The van der Waals surface area contributed by atoms with Gasteiger partial charge >= 0.3 is 0 Å². The zero-order valence-corrected chi connectivity index (χ0v) is 13.9. The second kappa shape index (κ2) is 9.36. The van der Waals surface area contributed by atoms with Crippen LogP contribution in [0.25, 0.3) is 0 Å². The van der Waals surface area contributed by atoms with Gasteiger partial charge in [-0.05, 0) is 30.6 Å². The standard InChI is InChI=1S/C18H33NO/c1-5-7-8-16(6-2)9-11-18(3,4)15-19-13-17-10-12-20-14-17/h8-9,11,17,19H,5-7,10,12-15H2,1-4H3/b11-9-,16-8-. The maximum atomic E-state index is 5.41. The van der Waals surface area contributed by atoms with Gasteiger partial charge in [-0.3, -0.25) is 0 Å². The molecule has 1 saturated heterocycles. The van der Waals surface area contributed by atoms with E-state index < -0.39 is 0 Å². The first-order chi connectivity index (χ1) is 9.57. The Kier molecular flexibility index (Phi) is 8.16. The maximum Gasteiger partial charge on any atom is 0.0507 e. The summed E-state index contributed by atoms with van der Waals surface area (Å²) in [5, 5.41) is 3.60. The van der Waals surface area contributed by atoms with E-state index in [2.05, 4.69) is 51.2 Å². The van der Waals surface area contributed by atoms with Gasteiger partial charge in [0.1, 0.15) is 0 Å². The molecule has 1 heterocycles. The summed E-state index contributed by atoms with van der Waals surface area (Å²) in [6.07, 6.45) is 11.8. The first kappa shape index (κ1) is 17.5. The van der Waals surface area contributed by atoms with Crippen LogP contribution in [0.5, 0.6) is 0 Å². The van der Waals surface area contributed by atoms with Crippen molar-refractivity contribution < 1.29 is 4.74 Å². The topological polar surface area (TPSA) is 21.3 Å². The molecule has 1 aliphatic heterocycles. The second-order valence-corrected chi connectivity index (χ2v) is 6.60. The summed E-state index contributed by atoms with van der Waals surface area (Å²) in [6.45, 7) is 13.1. The molecule has 0 aliphatic carbocycles.